The summed E-state index contributed by atoms with van der Waals surface area (Å²) in [7, 11) is 1.52. The van der Waals surface area contributed by atoms with Crippen molar-refractivity contribution in [1.82, 2.24) is 4.90 Å². The molecule has 1 aliphatic rings. The molecule has 1 atom stereocenters. The maximum absolute atomic E-state index is 13.2. The Labute approximate surface area is 195 Å². The van der Waals surface area contributed by atoms with E-state index in [1.54, 1.807) is 6.07 Å². The van der Waals surface area contributed by atoms with Gasteiger partial charge in [0.15, 0.2) is 0 Å². The molecule has 1 heterocycles. The lowest BCUT2D eigenvalue weighted by atomic mass is 9.93. The Morgan fingerprint density at radius 2 is 1.88 bits per heavy atom. The van der Waals surface area contributed by atoms with Crippen LogP contribution in [0.4, 0.5) is 0 Å². The van der Waals surface area contributed by atoms with Crippen molar-refractivity contribution in [2.45, 2.75) is 47.1 Å². The number of rotatable bonds is 8. The summed E-state index contributed by atoms with van der Waals surface area (Å²) in [6.07, 6.45) is 0.681. The SMILES string of the molecule is CCCN1C(=O)C(=O)/C(=C(/O)c2cc(C)cc(C)c2OC)C1c1cccc(OCC(C)C)c1. The molecule has 2 aromatic carbocycles. The first-order valence-electron chi connectivity index (χ1n) is 11.4. The number of ether oxygens (including phenoxy) is 2. The minimum Gasteiger partial charge on any atom is -0.507 e. The third kappa shape index (κ3) is 4.90. The molecule has 0 spiro atoms. The van der Waals surface area contributed by atoms with E-state index < -0.39 is 17.7 Å². The molecule has 176 valence electrons. The molecule has 0 radical (unpaired) electrons. The second-order valence-corrected chi connectivity index (χ2v) is 8.93. The summed E-state index contributed by atoms with van der Waals surface area (Å²) < 4.78 is 11.4. The molecule has 1 fully saturated rings. The van der Waals surface area contributed by atoms with Crippen LogP contribution in [0, 0.1) is 19.8 Å². The molecule has 1 amide bonds. The second-order valence-electron chi connectivity index (χ2n) is 8.93. The summed E-state index contributed by atoms with van der Waals surface area (Å²) in [6.45, 7) is 10.8. The Morgan fingerprint density at radius 3 is 2.52 bits per heavy atom. The van der Waals surface area contributed by atoms with Crippen molar-refractivity contribution in [3.05, 3.63) is 64.2 Å². The zero-order valence-corrected chi connectivity index (χ0v) is 20.3. The van der Waals surface area contributed by atoms with Gasteiger partial charge < -0.3 is 19.5 Å². The molecule has 1 unspecified atom stereocenters. The monoisotopic (exact) mass is 451 g/mol. The molecular weight excluding hydrogens is 418 g/mol. The molecule has 33 heavy (non-hydrogen) atoms. The first kappa shape index (κ1) is 24.4. The molecule has 2 aromatic rings. The average molecular weight is 452 g/mol. The van der Waals surface area contributed by atoms with Gasteiger partial charge in [-0.3, -0.25) is 9.59 Å². The van der Waals surface area contributed by atoms with Gasteiger partial charge in [0.1, 0.15) is 17.3 Å². The van der Waals surface area contributed by atoms with Gasteiger partial charge in [-0.05, 0) is 61.1 Å². The summed E-state index contributed by atoms with van der Waals surface area (Å²) in [4.78, 5) is 27.7. The molecule has 1 N–H and O–H groups in total. The lowest BCUT2D eigenvalue weighted by molar-refractivity contribution is -0.139. The zero-order chi connectivity index (χ0) is 24.3. The molecule has 0 bridgehead atoms. The van der Waals surface area contributed by atoms with Gasteiger partial charge in [0.25, 0.3) is 11.7 Å². The number of aryl methyl sites for hydroxylation is 2. The quantitative estimate of drug-likeness (QED) is 0.340. The van der Waals surface area contributed by atoms with E-state index in [9.17, 15) is 14.7 Å². The number of aliphatic hydroxyl groups is 1. The predicted molar refractivity (Wildman–Crippen MR) is 129 cm³/mol. The van der Waals surface area contributed by atoms with Gasteiger partial charge in [-0.25, -0.2) is 0 Å². The maximum Gasteiger partial charge on any atom is 0.295 e. The van der Waals surface area contributed by atoms with E-state index in [1.807, 2.05) is 51.1 Å². The zero-order valence-electron chi connectivity index (χ0n) is 20.3. The highest BCUT2D eigenvalue weighted by Gasteiger charge is 2.46. The Bertz CT molecular complexity index is 1090. The molecular formula is C27H33NO5. The van der Waals surface area contributed by atoms with E-state index in [0.717, 1.165) is 11.1 Å². The normalized spacial score (nSPS) is 17.7. The number of hydrogen-bond donors (Lipinski definition) is 1. The smallest absolute Gasteiger partial charge is 0.295 e. The van der Waals surface area contributed by atoms with Crippen molar-refractivity contribution in [2.75, 3.05) is 20.3 Å². The van der Waals surface area contributed by atoms with Crippen LogP contribution in [0.3, 0.4) is 0 Å². The molecule has 0 aliphatic carbocycles. The number of hydrogen-bond acceptors (Lipinski definition) is 5. The lowest BCUT2D eigenvalue weighted by Crippen LogP contribution is -2.30. The summed E-state index contributed by atoms with van der Waals surface area (Å²) >= 11 is 0. The highest BCUT2D eigenvalue weighted by atomic mass is 16.5. The lowest BCUT2D eigenvalue weighted by Gasteiger charge is -2.25. The van der Waals surface area contributed by atoms with Crippen molar-refractivity contribution in [3.63, 3.8) is 0 Å². The van der Waals surface area contributed by atoms with E-state index in [-0.39, 0.29) is 11.3 Å². The third-order valence-electron chi connectivity index (χ3n) is 5.64. The largest absolute Gasteiger partial charge is 0.507 e. The van der Waals surface area contributed by atoms with Crippen molar-refractivity contribution in [3.8, 4) is 11.5 Å². The highest BCUT2D eigenvalue weighted by Crippen LogP contribution is 2.42. The summed E-state index contributed by atoms with van der Waals surface area (Å²) in [5, 5.41) is 11.4. The maximum atomic E-state index is 13.2. The Morgan fingerprint density at radius 1 is 1.15 bits per heavy atom. The second kappa shape index (κ2) is 10.1. The summed E-state index contributed by atoms with van der Waals surface area (Å²) in [5.74, 6) is -0.0359. The molecule has 1 saturated heterocycles. The van der Waals surface area contributed by atoms with Gasteiger partial charge in [0, 0.05) is 6.54 Å². The van der Waals surface area contributed by atoms with Crippen LogP contribution in [-0.4, -0.2) is 42.0 Å². The number of carbonyl (C=O) groups is 2. The van der Waals surface area contributed by atoms with Crippen LogP contribution < -0.4 is 9.47 Å². The van der Waals surface area contributed by atoms with Crippen molar-refractivity contribution < 1.29 is 24.2 Å². The Kier molecular flexibility index (Phi) is 7.46. The topological polar surface area (TPSA) is 76.1 Å². The standard InChI is InChI=1S/C27H33NO5/c1-7-11-28-23(19-9-8-10-20(14-19)33-15-16(2)3)22(25(30)27(28)31)24(29)21-13-17(4)12-18(5)26(21)32-6/h8-10,12-14,16,23,29H,7,11,15H2,1-6H3/b24-22+. The fourth-order valence-corrected chi connectivity index (χ4v) is 4.28. The first-order valence-corrected chi connectivity index (χ1v) is 11.4. The molecule has 1 aliphatic heterocycles. The number of aliphatic hydroxyl groups excluding tert-OH is 1. The van der Waals surface area contributed by atoms with Gasteiger partial charge in [-0.1, -0.05) is 39.0 Å². The van der Waals surface area contributed by atoms with Crippen LogP contribution >= 0.6 is 0 Å². The van der Waals surface area contributed by atoms with Crippen LogP contribution in [0.2, 0.25) is 0 Å². The number of methoxy groups -OCH3 is 1. The Hall–Kier alpha value is -3.28. The van der Waals surface area contributed by atoms with Crippen LogP contribution in [-0.2, 0) is 9.59 Å². The van der Waals surface area contributed by atoms with Gasteiger partial charge in [0.2, 0.25) is 0 Å². The summed E-state index contributed by atoms with van der Waals surface area (Å²) in [6, 6.07) is 10.4. The third-order valence-corrected chi connectivity index (χ3v) is 5.64. The summed E-state index contributed by atoms with van der Waals surface area (Å²) in [5.41, 5.74) is 2.94. The molecule has 0 saturated carbocycles. The van der Waals surface area contributed by atoms with Crippen LogP contribution in [0.25, 0.3) is 5.76 Å². The minimum absolute atomic E-state index is 0.0674. The number of amides is 1. The van der Waals surface area contributed by atoms with Crippen molar-refractivity contribution in [2.24, 2.45) is 5.92 Å². The fourth-order valence-electron chi connectivity index (χ4n) is 4.28. The highest BCUT2D eigenvalue weighted by molar-refractivity contribution is 6.46. The van der Waals surface area contributed by atoms with E-state index in [1.165, 1.54) is 12.0 Å². The van der Waals surface area contributed by atoms with E-state index >= 15 is 0 Å². The minimum atomic E-state index is -0.710. The first-order chi connectivity index (χ1) is 15.7. The predicted octanol–water partition coefficient (Wildman–Crippen LogP) is 5.18. The number of likely N-dealkylation sites (tertiary alicyclic amines) is 1. The Balaban J connectivity index is 2.20. The van der Waals surface area contributed by atoms with E-state index in [4.69, 9.17) is 9.47 Å². The average Bonchev–Trinajstić information content (AvgIpc) is 3.02. The van der Waals surface area contributed by atoms with Crippen LogP contribution in [0.5, 0.6) is 11.5 Å². The van der Waals surface area contributed by atoms with Gasteiger partial charge >= 0.3 is 0 Å². The van der Waals surface area contributed by atoms with Gasteiger partial charge in [0.05, 0.1) is 30.9 Å². The molecule has 3 rings (SSSR count). The number of nitrogens with zero attached hydrogens (tertiary/aromatic N) is 1. The van der Waals surface area contributed by atoms with E-state index in [0.29, 0.717) is 48.1 Å². The van der Waals surface area contributed by atoms with Crippen LogP contribution in [0.15, 0.2) is 42.0 Å². The van der Waals surface area contributed by atoms with Gasteiger partial charge in [-0.15, -0.1) is 0 Å². The molecule has 6 heteroatoms. The van der Waals surface area contributed by atoms with Gasteiger partial charge in [-0.2, -0.15) is 0 Å². The fraction of sp³-hybridized carbons (Fsp3) is 0.407. The number of carbonyl (C=O) groups excluding carboxylic acids is 2. The number of ketones is 1. The van der Waals surface area contributed by atoms with Crippen molar-refractivity contribution in [1.29, 1.82) is 0 Å². The number of Topliss-reactive ketones (excluding diaryl/α,β-unsaturated/α-hetero) is 1. The van der Waals surface area contributed by atoms with Crippen molar-refractivity contribution >= 4 is 17.4 Å². The molecule has 6 nitrogen and oxygen atoms in total. The molecule has 0 aromatic heterocycles. The number of benzene rings is 2. The van der Waals surface area contributed by atoms with Crippen LogP contribution in [0.1, 0.15) is 55.5 Å². The van der Waals surface area contributed by atoms with E-state index in [2.05, 4.69) is 13.8 Å².